The molecule has 0 aliphatic carbocycles. The van der Waals surface area contributed by atoms with Gasteiger partial charge in [0.15, 0.2) is 0 Å². The van der Waals surface area contributed by atoms with Gasteiger partial charge in [-0.1, -0.05) is 24.3 Å². The number of aliphatic hydroxyl groups is 1. The fourth-order valence-electron chi connectivity index (χ4n) is 3.43. The van der Waals surface area contributed by atoms with Crippen molar-refractivity contribution in [2.75, 3.05) is 26.7 Å². The highest BCUT2D eigenvalue weighted by atomic mass is 16.3. The largest absolute Gasteiger partial charge is 0.395 e. The van der Waals surface area contributed by atoms with Crippen LogP contribution in [0, 0.1) is 12.8 Å². The molecule has 0 radical (unpaired) electrons. The number of hydrogen-bond donors (Lipinski definition) is 1. The third kappa shape index (κ3) is 3.55. The van der Waals surface area contributed by atoms with Gasteiger partial charge < -0.3 is 14.9 Å². The molecule has 2 amide bonds. The maximum absolute atomic E-state index is 12.8. The Labute approximate surface area is 137 Å². The van der Waals surface area contributed by atoms with Gasteiger partial charge in [0.1, 0.15) is 0 Å². The van der Waals surface area contributed by atoms with Crippen LogP contribution in [0.1, 0.15) is 36.9 Å². The van der Waals surface area contributed by atoms with Crippen molar-refractivity contribution in [1.82, 2.24) is 9.80 Å². The van der Waals surface area contributed by atoms with Gasteiger partial charge in [0.05, 0.1) is 18.6 Å². The lowest BCUT2D eigenvalue weighted by Gasteiger charge is -2.42. The molecule has 126 valence electrons. The van der Waals surface area contributed by atoms with E-state index in [9.17, 15) is 9.59 Å². The number of nitrogens with zero attached hydrogens (tertiary/aromatic N) is 2. The summed E-state index contributed by atoms with van der Waals surface area (Å²) in [4.78, 5) is 28.6. The molecule has 1 N–H and O–H groups in total. The zero-order valence-electron chi connectivity index (χ0n) is 14.2. The SMILES string of the molecule is CCN1C(=O)CC[C@@H](C(=O)N(C)CCO)[C@@H]1c1ccccc1C. The van der Waals surface area contributed by atoms with Crippen molar-refractivity contribution in [2.45, 2.75) is 32.7 Å². The molecule has 5 heteroatoms. The maximum atomic E-state index is 12.8. The van der Waals surface area contributed by atoms with E-state index in [0.29, 0.717) is 25.9 Å². The highest BCUT2D eigenvalue weighted by molar-refractivity contribution is 5.85. The number of likely N-dealkylation sites (tertiary alicyclic amines) is 1. The van der Waals surface area contributed by atoms with E-state index >= 15 is 0 Å². The second kappa shape index (κ2) is 7.59. The molecule has 1 aromatic rings. The first-order chi connectivity index (χ1) is 11.0. The van der Waals surface area contributed by atoms with Crippen LogP contribution in [0.3, 0.4) is 0 Å². The van der Waals surface area contributed by atoms with Gasteiger partial charge in [0.25, 0.3) is 0 Å². The number of hydrogen-bond acceptors (Lipinski definition) is 3. The summed E-state index contributed by atoms with van der Waals surface area (Å²) in [5.74, 6) is -0.154. The Morgan fingerprint density at radius 1 is 1.39 bits per heavy atom. The molecule has 1 aliphatic rings. The van der Waals surface area contributed by atoms with Crippen LogP contribution in [0.25, 0.3) is 0 Å². The zero-order valence-corrected chi connectivity index (χ0v) is 14.2. The van der Waals surface area contributed by atoms with E-state index in [4.69, 9.17) is 5.11 Å². The summed E-state index contributed by atoms with van der Waals surface area (Å²) < 4.78 is 0. The van der Waals surface area contributed by atoms with E-state index in [2.05, 4.69) is 0 Å². The molecular formula is C18H26N2O3. The van der Waals surface area contributed by atoms with Crippen molar-refractivity contribution in [3.63, 3.8) is 0 Å². The topological polar surface area (TPSA) is 60.9 Å². The normalized spacial score (nSPS) is 21.4. The summed E-state index contributed by atoms with van der Waals surface area (Å²) in [6, 6.07) is 7.72. The molecule has 5 nitrogen and oxygen atoms in total. The van der Waals surface area contributed by atoms with Crippen LogP contribution >= 0.6 is 0 Å². The average molecular weight is 318 g/mol. The number of carbonyl (C=O) groups is 2. The Morgan fingerprint density at radius 2 is 2.09 bits per heavy atom. The minimum atomic E-state index is -0.259. The lowest BCUT2D eigenvalue weighted by molar-refractivity contribution is -0.147. The molecule has 2 atom stereocenters. The van der Waals surface area contributed by atoms with Crippen molar-refractivity contribution >= 4 is 11.8 Å². The van der Waals surface area contributed by atoms with Gasteiger partial charge >= 0.3 is 0 Å². The first kappa shape index (κ1) is 17.5. The molecule has 1 heterocycles. The van der Waals surface area contributed by atoms with Crippen LogP contribution < -0.4 is 0 Å². The molecule has 1 fully saturated rings. The number of rotatable bonds is 5. The number of piperidine rings is 1. The summed E-state index contributed by atoms with van der Waals surface area (Å²) >= 11 is 0. The van der Waals surface area contributed by atoms with Crippen molar-refractivity contribution < 1.29 is 14.7 Å². The Kier molecular flexibility index (Phi) is 5.77. The number of carbonyl (C=O) groups excluding carboxylic acids is 2. The second-order valence-electron chi connectivity index (χ2n) is 6.11. The average Bonchev–Trinajstić information content (AvgIpc) is 2.54. The molecule has 0 spiro atoms. The third-order valence-corrected chi connectivity index (χ3v) is 4.68. The fraction of sp³-hybridized carbons (Fsp3) is 0.556. The van der Waals surface area contributed by atoms with Crippen LogP contribution in [0.5, 0.6) is 0 Å². The molecule has 1 saturated heterocycles. The molecule has 1 aromatic carbocycles. The number of likely N-dealkylation sites (N-methyl/N-ethyl adjacent to an activating group) is 1. The molecule has 0 aromatic heterocycles. The quantitative estimate of drug-likeness (QED) is 0.899. The molecule has 2 rings (SSSR count). The Morgan fingerprint density at radius 3 is 2.70 bits per heavy atom. The molecular weight excluding hydrogens is 292 g/mol. The van der Waals surface area contributed by atoms with Crippen molar-refractivity contribution in [2.24, 2.45) is 5.92 Å². The van der Waals surface area contributed by atoms with Gasteiger partial charge in [-0.2, -0.15) is 0 Å². The zero-order chi connectivity index (χ0) is 17.0. The lowest BCUT2D eigenvalue weighted by atomic mass is 9.82. The Bertz CT molecular complexity index is 573. The molecule has 1 aliphatic heterocycles. The first-order valence-electron chi connectivity index (χ1n) is 8.22. The number of aliphatic hydroxyl groups excluding tert-OH is 1. The van der Waals surface area contributed by atoms with E-state index in [1.165, 1.54) is 0 Å². The lowest BCUT2D eigenvalue weighted by Crippen LogP contribution is -2.48. The van der Waals surface area contributed by atoms with Crippen molar-refractivity contribution in [1.29, 1.82) is 0 Å². The van der Waals surface area contributed by atoms with Gasteiger partial charge in [0, 0.05) is 26.6 Å². The van der Waals surface area contributed by atoms with Gasteiger partial charge in [-0.05, 0) is 31.4 Å². The summed E-state index contributed by atoms with van der Waals surface area (Å²) in [6.07, 6.45) is 0.961. The molecule has 0 saturated carbocycles. The van der Waals surface area contributed by atoms with Crippen molar-refractivity contribution in [3.05, 3.63) is 35.4 Å². The summed E-state index contributed by atoms with van der Waals surface area (Å²) in [6.45, 7) is 4.82. The van der Waals surface area contributed by atoms with E-state index in [0.717, 1.165) is 11.1 Å². The second-order valence-corrected chi connectivity index (χ2v) is 6.11. The van der Waals surface area contributed by atoms with Crippen molar-refractivity contribution in [3.8, 4) is 0 Å². The summed E-state index contributed by atoms with van der Waals surface area (Å²) in [5.41, 5.74) is 2.13. The van der Waals surface area contributed by atoms with Crippen LogP contribution in [0.4, 0.5) is 0 Å². The molecule has 0 unspecified atom stereocenters. The van der Waals surface area contributed by atoms with Crippen LogP contribution in [-0.4, -0.2) is 53.5 Å². The smallest absolute Gasteiger partial charge is 0.227 e. The molecule has 23 heavy (non-hydrogen) atoms. The van der Waals surface area contributed by atoms with Gasteiger partial charge in [0.2, 0.25) is 11.8 Å². The van der Waals surface area contributed by atoms with Gasteiger partial charge in [-0.15, -0.1) is 0 Å². The minimum absolute atomic E-state index is 0.00162. The predicted molar refractivity (Wildman–Crippen MR) is 88.8 cm³/mol. The number of benzene rings is 1. The van der Waals surface area contributed by atoms with Crippen LogP contribution in [0.15, 0.2) is 24.3 Å². The highest BCUT2D eigenvalue weighted by Gasteiger charge is 2.41. The molecule has 0 bridgehead atoms. The summed E-state index contributed by atoms with van der Waals surface area (Å²) in [7, 11) is 1.71. The highest BCUT2D eigenvalue weighted by Crippen LogP contribution is 2.38. The van der Waals surface area contributed by atoms with Gasteiger partial charge in [-0.25, -0.2) is 0 Å². The Balaban J connectivity index is 2.41. The predicted octanol–water partition coefficient (Wildman–Crippen LogP) is 1.75. The van der Waals surface area contributed by atoms with Crippen LogP contribution in [0.2, 0.25) is 0 Å². The van der Waals surface area contributed by atoms with E-state index in [1.807, 2.05) is 43.0 Å². The Hall–Kier alpha value is -1.88. The minimum Gasteiger partial charge on any atom is -0.395 e. The van der Waals surface area contributed by atoms with E-state index in [1.54, 1.807) is 11.9 Å². The number of amides is 2. The fourth-order valence-corrected chi connectivity index (χ4v) is 3.43. The van der Waals surface area contributed by atoms with Gasteiger partial charge in [-0.3, -0.25) is 9.59 Å². The summed E-state index contributed by atoms with van der Waals surface area (Å²) in [5, 5.41) is 9.09. The number of aryl methyl sites for hydroxylation is 1. The first-order valence-corrected chi connectivity index (χ1v) is 8.22. The standard InChI is InChI=1S/C18H26N2O3/c1-4-20-16(22)10-9-15(18(23)19(3)11-12-21)17(20)14-8-6-5-7-13(14)2/h5-8,15,17,21H,4,9-12H2,1-3H3/t15-,17+/m1/s1. The van der Waals surface area contributed by atoms with Crippen LogP contribution in [-0.2, 0) is 9.59 Å². The van der Waals surface area contributed by atoms with E-state index in [-0.39, 0.29) is 30.4 Å². The third-order valence-electron chi connectivity index (χ3n) is 4.68. The monoisotopic (exact) mass is 318 g/mol. The van der Waals surface area contributed by atoms with E-state index < -0.39 is 0 Å². The maximum Gasteiger partial charge on any atom is 0.227 e.